The van der Waals surface area contributed by atoms with E-state index in [0.717, 1.165) is 25.0 Å². The first kappa shape index (κ1) is 15.2. The smallest absolute Gasteiger partial charge is 0.315 e. The highest BCUT2D eigenvalue weighted by Gasteiger charge is 2.42. The minimum atomic E-state index is -0.155. The summed E-state index contributed by atoms with van der Waals surface area (Å²) in [5.41, 5.74) is 0. The number of fused-ring (bicyclic) bond motifs is 1. The number of ether oxygens (including phenoxy) is 1. The highest BCUT2D eigenvalue weighted by molar-refractivity contribution is 8.00. The van der Waals surface area contributed by atoms with E-state index in [1.165, 1.54) is 7.11 Å². The fourth-order valence-electron chi connectivity index (χ4n) is 2.91. The van der Waals surface area contributed by atoms with Crippen LogP contribution in [0.4, 0.5) is 4.79 Å². The zero-order chi connectivity index (χ0) is 14.5. The van der Waals surface area contributed by atoms with E-state index in [1.807, 2.05) is 11.8 Å². The van der Waals surface area contributed by atoms with Gasteiger partial charge in [-0.3, -0.25) is 4.79 Å². The standard InChI is InChI=1S/C14H22N2O3S/c1-3-5-9(13(17)19-2)6-4-7-11-12-10(8-20-11)15-14(18)16-12/h3,9-12H,1,4-8H2,2H3,(H2,15,16,18)/t9-,10-,11-,12-/m0/s1. The highest BCUT2D eigenvalue weighted by Crippen LogP contribution is 2.33. The molecule has 4 atom stereocenters. The maximum atomic E-state index is 11.6. The van der Waals surface area contributed by atoms with Crippen molar-refractivity contribution in [3.63, 3.8) is 0 Å². The van der Waals surface area contributed by atoms with Crippen molar-refractivity contribution in [1.82, 2.24) is 10.6 Å². The Hall–Kier alpha value is -1.17. The molecule has 5 nitrogen and oxygen atoms in total. The first-order valence-electron chi connectivity index (χ1n) is 7.03. The number of methoxy groups -OCH3 is 1. The fraction of sp³-hybridized carbons (Fsp3) is 0.714. The van der Waals surface area contributed by atoms with Gasteiger partial charge in [-0.15, -0.1) is 6.58 Å². The Kier molecular flexibility index (Phi) is 5.34. The molecular formula is C14H22N2O3S. The number of nitrogens with one attached hydrogen (secondary N) is 2. The lowest BCUT2D eigenvalue weighted by molar-refractivity contribution is -0.145. The van der Waals surface area contributed by atoms with E-state index in [-0.39, 0.29) is 30.0 Å². The van der Waals surface area contributed by atoms with Crippen molar-refractivity contribution in [3.8, 4) is 0 Å². The van der Waals surface area contributed by atoms with Crippen LogP contribution in [-0.4, -0.2) is 42.2 Å². The van der Waals surface area contributed by atoms with Gasteiger partial charge in [0, 0.05) is 11.0 Å². The quantitative estimate of drug-likeness (QED) is 0.426. The molecule has 2 N–H and O–H groups in total. The summed E-state index contributed by atoms with van der Waals surface area (Å²) in [5, 5.41) is 6.36. The number of rotatable bonds is 7. The Balaban J connectivity index is 1.76. The maximum Gasteiger partial charge on any atom is 0.315 e. The van der Waals surface area contributed by atoms with Crippen LogP contribution in [-0.2, 0) is 9.53 Å². The molecule has 2 saturated heterocycles. The third kappa shape index (κ3) is 3.48. The molecule has 2 rings (SSSR count). The maximum absolute atomic E-state index is 11.6. The first-order chi connectivity index (χ1) is 9.65. The van der Waals surface area contributed by atoms with Crippen molar-refractivity contribution < 1.29 is 14.3 Å². The van der Waals surface area contributed by atoms with Crippen molar-refractivity contribution in [2.24, 2.45) is 5.92 Å². The second-order valence-corrected chi connectivity index (χ2v) is 6.57. The molecule has 2 aliphatic rings. The van der Waals surface area contributed by atoms with Gasteiger partial charge in [0.25, 0.3) is 0 Å². The van der Waals surface area contributed by atoms with Gasteiger partial charge in [-0.2, -0.15) is 11.8 Å². The average Bonchev–Trinajstić information content (AvgIpc) is 2.97. The Morgan fingerprint density at radius 1 is 1.60 bits per heavy atom. The van der Waals surface area contributed by atoms with Gasteiger partial charge >= 0.3 is 12.0 Å². The Bertz CT molecular complexity index is 389. The number of urea groups is 1. The van der Waals surface area contributed by atoms with Crippen LogP contribution in [0.25, 0.3) is 0 Å². The third-order valence-corrected chi connectivity index (χ3v) is 5.47. The number of esters is 1. The molecule has 0 unspecified atom stereocenters. The Morgan fingerprint density at radius 3 is 3.10 bits per heavy atom. The molecule has 0 saturated carbocycles. The second kappa shape index (κ2) is 7.02. The number of carbonyl (C=O) groups is 2. The molecule has 6 heteroatoms. The first-order valence-corrected chi connectivity index (χ1v) is 8.08. The van der Waals surface area contributed by atoms with E-state index < -0.39 is 0 Å². The topological polar surface area (TPSA) is 67.4 Å². The summed E-state index contributed by atoms with van der Waals surface area (Å²) in [6, 6.07) is 0.454. The normalized spacial score (nSPS) is 29.2. The molecule has 20 heavy (non-hydrogen) atoms. The summed E-state index contributed by atoms with van der Waals surface area (Å²) in [6.45, 7) is 3.69. The van der Waals surface area contributed by atoms with Crippen LogP contribution >= 0.6 is 11.8 Å². The van der Waals surface area contributed by atoms with Crippen LogP contribution in [0.15, 0.2) is 12.7 Å². The summed E-state index contributed by atoms with van der Waals surface area (Å²) in [6.07, 6.45) is 5.22. The van der Waals surface area contributed by atoms with Gasteiger partial charge in [0.15, 0.2) is 0 Å². The average molecular weight is 298 g/mol. The zero-order valence-electron chi connectivity index (χ0n) is 11.8. The van der Waals surface area contributed by atoms with Crippen LogP contribution in [0.3, 0.4) is 0 Å². The molecule has 0 radical (unpaired) electrons. The lowest BCUT2D eigenvalue weighted by atomic mass is 9.96. The predicted octanol–water partition coefficient (Wildman–Crippen LogP) is 1.69. The molecule has 0 aromatic carbocycles. The minimum absolute atomic E-state index is 0.0515. The van der Waals surface area contributed by atoms with Gasteiger partial charge in [-0.05, 0) is 19.3 Å². The molecule has 0 bridgehead atoms. The van der Waals surface area contributed by atoms with Gasteiger partial charge in [0.2, 0.25) is 0 Å². The summed E-state index contributed by atoms with van der Waals surface area (Å²) in [7, 11) is 1.43. The molecule has 0 aliphatic carbocycles. The molecular weight excluding hydrogens is 276 g/mol. The van der Waals surface area contributed by atoms with Gasteiger partial charge in [0.05, 0.1) is 25.1 Å². The highest BCUT2D eigenvalue weighted by atomic mass is 32.2. The lowest BCUT2D eigenvalue weighted by Crippen LogP contribution is -2.36. The SMILES string of the molecule is C=CC[C@@H](CCC[C@@H]1SC[C@@H]2NC(=O)N[C@@H]21)C(=O)OC. The molecule has 0 aromatic rings. The van der Waals surface area contributed by atoms with E-state index in [2.05, 4.69) is 17.2 Å². The van der Waals surface area contributed by atoms with Crippen LogP contribution < -0.4 is 10.6 Å². The van der Waals surface area contributed by atoms with Gasteiger partial charge in [-0.25, -0.2) is 4.79 Å². The summed E-state index contributed by atoms with van der Waals surface area (Å²) >= 11 is 1.90. The van der Waals surface area contributed by atoms with E-state index in [0.29, 0.717) is 11.7 Å². The molecule has 2 fully saturated rings. The van der Waals surface area contributed by atoms with Gasteiger partial charge < -0.3 is 15.4 Å². The summed E-state index contributed by atoms with van der Waals surface area (Å²) in [4.78, 5) is 22.9. The monoisotopic (exact) mass is 298 g/mol. The summed E-state index contributed by atoms with van der Waals surface area (Å²) in [5.74, 6) is 0.731. The van der Waals surface area contributed by atoms with Crippen molar-refractivity contribution in [1.29, 1.82) is 0 Å². The van der Waals surface area contributed by atoms with Crippen molar-refractivity contribution in [2.45, 2.75) is 43.0 Å². The molecule has 112 valence electrons. The minimum Gasteiger partial charge on any atom is -0.469 e. The van der Waals surface area contributed by atoms with Crippen LogP contribution in [0.2, 0.25) is 0 Å². The number of allylic oxidation sites excluding steroid dienone is 1. The number of carbonyl (C=O) groups excluding carboxylic acids is 2. The molecule has 2 aliphatic heterocycles. The summed E-state index contributed by atoms with van der Waals surface area (Å²) < 4.78 is 4.81. The molecule has 0 aromatic heterocycles. The molecule has 2 heterocycles. The Morgan fingerprint density at radius 2 is 2.40 bits per heavy atom. The fourth-order valence-corrected chi connectivity index (χ4v) is 4.45. The van der Waals surface area contributed by atoms with E-state index in [4.69, 9.17) is 4.74 Å². The number of hydrogen-bond donors (Lipinski definition) is 2. The van der Waals surface area contributed by atoms with Crippen LogP contribution in [0, 0.1) is 5.92 Å². The predicted molar refractivity (Wildman–Crippen MR) is 79.7 cm³/mol. The molecule has 0 spiro atoms. The Labute approximate surface area is 123 Å². The largest absolute Gasteiger partial charge is 0.469 e. The van der Waals surface area contributed by atoms with E-state index in [1.54, 1.807) is 6.08 Å². The molecule has 2 amide bonds. The number of hydrogen-bond acceptors (Lipinski definition) is 4. The zero-order valence-corrected chi connectivity index (χ0v) is 12.6. The van der Waals surface area contributed by atoms with Crippen LogP contribution in [0.1, 0.15) is 25.7 Å². The number of amides is 2. The van der Waals surface area contributed by atoms with Crippen molar-refractivity contribution in [3.05, 3.63) is 12.7 Å². The number of thioether (sulfide) groups is 1. The van der Waals surface area contributed by atoms with E-state index >= 15 is 0 Å². The second-order valence-electron chi connectivity index (χ2n) is 5.30. The van der Waals surface area contributed by atoms with Crippen LogP contribution in [0.5, 0.6) is 0 Å². The van der Waals surface area contributed by atoms with Gasteiger partial charge in [0.1, 0.15) is 0 Å². The third-order valence-electron chi connectivity index (χ3n) is 3.97. The van der Waals surface area contributed by atoms with Gasteiger partial charge in [-0.1, -0.05) is 12.5 Å². The lowest BCUT2D eigenvalue weighted by Gasteiger charge is -2.18. The van der Waals surface area contributed by atoms with Crippen molar-refractivity contribution in [2.75, 3.05) is 12.9 Å². The van der Waals surface area contributed by atoms with E-state index in [9.17, 15) is 9.59 Å². The van der Waals surface area contributed by atoms with Crippen molar-refractivity contribution >= 4 is 23.8 Å².